The van der Waals surface area contributed by atoms with Gasteiger partial charge in [-0.1, -0.05) is 11.6 Å². The van der Waals surface area contributed by atoms with E-state index < -0.39 is 11.6 Å². The van der Waals surface area contributed by atoms with Crippen LogP contribution in [0.5, 0.6) is 0 Å². The predicted octanol–water partition coefficient (Wildman–Crippen LogP) is 3.92. The van der Waals surface area contributed by atoms with Gasteiger partial charge in [-0.25, -0.2) is 8.78 Å². The molecule has 18 heavy (non-hydrogen) atoms. The number of hydrogen-bond donors (Lipinski definition) is 2. The zero-order valence-electron chi connectivity index (χ0n) is 9.34. The van der Waals surface area contributed by atoms with Crippen LogP contribution >= 0.6 is 22.9 Å². The van der Waals surface area contributed by atoms with Crippen LogP contribution in [0.2, 0.25) is 4.34 Å². The molecule has 0 aliphatic rings. The molecule has 6 heteroatoms. The summed E-state index contributed by atoms with van der Waals surface area (Å²) in [5.41, 5.74) is 5.25. The summed E-state index contributed by atoms with van der Waals surface area (Å²) in [5.74, 6) is -1.37. The summed E-state index contributed by atoms with van der Waals surface area (Å²) in [6, 6.07) is 5.87. The van der Waals surface area contributed by atoms with Crippen molar-refractivity contribution in [1.29, 1.82) is 0 Å². The first-order valence-electron chi connectivity index (χ1n) is 5.29. The fourth-order valence-electron chi connectivity index (χ4n) is 1.56. The third-order valence-electron chi connectivity index (χ3n) is 2.37. The molecule has 0 bridgehead atoms. The van der Waals surface area contributed by atoms with E-state index in [1.807, 2.05) is 6.07 Å². The van der Waals surface area contributed by atoms with Gasteiger partial charge in [0.25, 0.3) is 0 Å². The SMILES string of the molecule is Nc1cc(F)c(NCCc2ccc(Cl)s2)c(F)c1. The first kappa shape index (κ1) is 13.1. The Balaban J connectivity index is 1.98. The maximum atomic E-state index is 13.4. The lowest BCUT2D eigenvalue weighted by molar-refractivity contribution is 0.589. The molecule has 0 atom stereocenters. The lowest BCUT2D eigenvalue weighted by Crippen LogP contribution is -2.08. The van der Waals surface area contributed by atoms with Gasteiger partial charge in [0.05, 0.1) is 4.34 Å². The minimum atomic E-state index is -0.684. The molecule has 1 aromatic heterocycles. The Bertz CT molecular complexity index is 534. The van der Waals surface area contributed by atoms with E-state index in [1.54, 1.807) is 6.07 Å². The van der Waals surface area contributed by atoms with Gasteiger partial charge >= 0.3 is 0 Å². The molecule has 1 aromatic carbocycles. The van der Waals surface area contributed by atoms with Crippen molar-refractivity contribution in [2.45, 2.75) is 6.42 Å². The molecule has 0 radical (unpaired) electrons. The summed E-state index contributed by atoms with van der Waals surface area (Å²) in [5, 5.41) is 2.72. The Hall–Kier alpha value is -1.33. The van der Waals surface area contributed by atoms with Gasteiger partial charge in [0.1, 0.15) is 5.69 Å². The minimum absolute atomic E-state index is 0.0700. The van der Waals surface area contributed by atoms with Crippen LogP contribution in [-0.4, -0.2) is 6.54 Å². The number of nitrogen functional groups attached to an aromatic ring is 1. The number of nitrogens with one attached hydrogen (secondary N) is 1. The van der Waals surface area contributed by atoms with Crippen molar-refractivity contribution in [1.82, 2.24) is 0 Å². The highest BCUT2D eigenvalue weighted by atomic mass is 35.5. The van der Waals surface area contributed by atoms with Crippen molar-refractivity contribution in [3.63, 3.8) is 0 Å². The lowest BCUT2D eigenvalue weighted by Gasteiger charge is -2.08. The van der Waals surface area contributed by atoms with Crippen LogP contribution < -0.4 is 11.1 Å². The Morgan fingerprint density at radius 2 is 1.89 bits per heavy atom. The molecule has 0 saturated heterocycles. The fraction of sp³-hybridized carbons (Fsp3) is 0.167. The molecule has 3 N–H and O–H groups in total. The maximum Gasteiger partial charge on any atom is 0.151 e. The van der Waals surface area contributed by atoms with E-state index >= 15 is 0 Å². The Morgan fingerprint density at radius 3 is 2.44 bits per heavy atom. The van der Waals surface area contributed by atoms with Crippen molar-refractivity contribution < 1.29 is 8.78 Å². The fourth-order valence-corrected chi connectivity index (χ4v) is 2.65. The summed E-state index contributed by atoms with van der Waals surface area (Å²) < 4.78 is 27.6. The van der Waals surface area contributed by atoms with Crippen LogP contribution in [0.25, 0.3) is 0 Å². The number of thiophene rings is 1. The van der Waals surface area contributed by atoms with Gasteiger partial charge in [0, 0.05) is 17.1 Å². The van der Waals surface area contributed by atoms with Crippen molar-refractivity contribution in [3.8, 4) is 0 Å². The first-order chi connectivity index (χ1) is 8.56. The normalized spacial score (nSPS) is 10.6. The molecule has 1 heterocycles. The monoisotopic (exact) mass is 288 g/mol. The van der Waals surface area contributed by atoms with E-state index in [2.05, 4.69) is 5.32 Å². The van der Waals surface area contributed by atoms with Crippen molar-refractivity contribution in [2.75, 3.05) is 17.6 Å². The van der Waals surface area contributed by atoms with Gasteiger partial charge in [-0.2, -0.15) is 0 Å². The highest BCUT2D eigenvalue weighted by molar-refractivity contribution is 7.16. The van der Waals surface area contributed by atoms with Crippen LogP contribution in [0.4, 0.5) is 20.2 Å². The summed E-state index contributed by atoms with van der Waals surface area (Å²) in [7, 11) is 0. The number of halogens is 3. The standard InChI is InChI=1S/C12H11ClF2N2S/c13-11-2-1-8(18-11)3-4-17-12-9(14)5-7(16)6-10(12)15/h1-2,5-6,17H,3-4,16H2. The Morgan fingerprint density at radius 1 is 1.22 bits per heavy atom. The molecule has 0 amide bonds. The molecule has 0 fully saturated rings. The molecule has 0 spiro atoms. The highest BCUT2D eigenvalue weighted by Gasteiger charge is 2.09. The summed E-state index contributed by atoms with van der Waals surface area (Å²) in [6.07, 6.45) is 0.653. The molecule has 2 aromatic rings. The molecule has 0 aliphatic heterocycles. The zero-order chi connectivity index (χ0) is 13.1. The Labute approximate surface area is 112 Å². The van der Waals surface area contributed by atoms with Gasteiger partial charge in [0.2, 0.25) is 0 Å². The molecule has 96 valence electrons. The molecular formula is C12H11ClF2N2S. The van der Waals surface area contributed by atoms with Crippen molar-refractivity contribution in [2.24, 2.45) is 0 Å². The molecule has 0 saturated carbocycles. The second-order valence-electron chi connectivity index (χ2n) is 3.74. The molecular weight excluding hydrogens is 278 g/mol. The second kappa shape index (κ2) is 5.54. The van der Waals surface area contributed by atoms with E-state index in [9.17, 15) is 8.78 Å². The smallest absolute Gasteiger partial charge is 0.151 e. The van der Waals surface area contributed by atoms with E-state index in [4.69, 9.17) is 17.3 Å². The van der Waals surface area contributed by atoms with Crippen LogP contribution in [0.3, 0.4) is 0 Å². The third-order valence-corrected chi connectivity index (χ3v) is 3.66. The van der Waals surface area contributed by atoms with E-state index in [0.717, 1.165) is 17.0 Å². The van der Waals surface area contributed by atoms with Crippen LogP contribution in [0, 0.1) is 11.6 Å². The van der Waals surface area contributed by atoms with E-state index in [1.165, 1.54) is 11.3 Å². The average molecular weight is 289 g/mol. The molecule has 2 nitrogen and oxygen atoms in total. The number of rotatable bonds is 4. The lowest BCUT2D eigenvalue weighted by atomic mass is 10.2. The van der Waals surface area contributed by atoms with E-state index in [-0.39, 0.29) is 11.4 Å². The quantitative estimate of drug-likeness (QED) is 0.837. The van der Waals surface area contributed by atoms with Crippen LogP contribution in [-0.2, 0) is 6.42 Å². The van der Waals surface area contributed by atoms with Gasteiger partial charge in [-0.3, -0.25) is 0 Å². The van der Waals surface area contributed by atoms with Gasteiger partial charge in [0.15, 0.2) is 11.6 Å². The number of benzene rings is 1. The zero-order valence-corrected chi connectivity index (χ0v) is 10.9. The third kappa shape index (κ3) is 3.11. The first-order valence-corrected chi connectivity index (χ1v) is 6.48. The topological polar surface area (TPSA) is 38.0 Å². The van der Waals surface area contributed by atoms with E-state index in [0.29, 0.717) is 17.3 Å². The molecule has 2 rings (SSSR count). The highest BCUT2D eigenvalue weighted by Crippen LogP contribution is 2.24. The van der Waals surface area contributed by atoms with Crippen LogP contribution in [0.15, 0.2) is 24.3 Å². The minimum Gasteiger partial charge on any atom is -0.399 e. The van der Waals surface area contributed by atoms with Gasteiger partial charge < -0.3 is 11.1 Å². The number of hydrogen-bond acceptors (Lipinski definition) is 3. The maximum absolute atomic E-state index is 13.4. The van der Waals surface area contributed by atoms with Crippen LogP contribution in [0.1, 0.15) is 4.88 Å². The molecule has 0 unspecified atom stereocenters. The molecule has 0 aliphatic carbocycles. The summed E-state index contributed by atoms with van der Waals surface area (Å²) >= 11 is 7.24. The predicted molar refractivity (Wildman–Crippen MR) is 72.3 cm³/mol. The van der Waals surface area contributed by atoms with Crippen molar-refractivity contribution >= 4 is 34.3 Å². The van der Waals surface area contributed by atoms with Gasteiger partial charge in [-0.15, -0.1) is 11.3 Å². The van der Waals surface area contributed by atoms with Gasteiger partial charge in [-0.05, 0) is 30.7 Å². The second-order valence-corrected chi connectivity index (χ2v) is 5.54. The number of anilines is 2. The Kier molecular flexibility index (Phi) is 4.04. The summed E-state index contributed by atoms with van der Waals surface area (Å²) in [6.45, 7) is 0.425. The largest absolute Gasteiger partial charge is 0.399 e. The van der Waals surface area contributed by atoms with Crippen molar-refractivity contribution in [3.05, 3.63) is 45.1 Å². The summed E-state index contributed by atoms with van der Waals surface area (Å²) in [4.78, 5) is 1.06. The average Bonchev–Trinajstić information content (AvgIpc) is 2.68. The number of nitrogens with two attached hydrogens (primary N) is 1.